The molecule has 0 bridgehead atoms. The lowest BCUT2D eigenvalue weighted by Gasteiger charge is -2.24. The number of halogens is 3. The summed E-state index contributed by atoms with van der Waals surface area (Å²) in [5.74, 6) is -0.319. The average molecular weight is 274 g/mol. The third-order valence-corrected chi connectivity index (χ3v) is 2.85. The molecule has 0 radical (unpaired) electrons. The molecule has 0 saturated carbocycles. The molecule has 1 aromatic carbocycles. The summed E-state index contributed by atoms with van der Waals surface area (Å²) < 4.78 is 43.0. The second-order valence-electron chi connectivity index (χ2n) is 4.80. The average Bonchev–Trinajstić information content (AvgIpc) is 2.26. The molecule has 2 nitrogen and oxygen atoms in total. The molecule has 0 aromatic heterocycles. The van der Waals surface area contributed by atoms with Crippen LogP contribution < -0.4 is 0 Å². The Labute approximate surface area is 110 Å². The maximum absolute atomic E-state index is 12.5. The van der Waals surface area contributed by atoms with Crippen molar-refractivity contribution >= 4 is 5.78 Å². The molecule has 0 N–H and O–H groups in total. The first-order valence-electron chi connectivity index (χ1n) is 5.96. The van der Waals surface area contributed by atoms with E-state index in [0.29, 0.717) is 12.2 Å². The number of benzene rings is 1. The van der Waals surface area contributed by atoms with Gasteiger partial charge in [0.05, 0.1) is 5.56 Å². The quantitative estimate of drug-likeness (QED) is 0.775. The van der Waals surface area contributed by atoms with Crippen LogP contribution in [0, 0.1) is 6.92 Å². The molecule has 0 heterocycles. The Kier molecular flexibility index (Phi) is 4.40. The van der Waals surface area contributed by atoms with Gasteiger partial charge in [-0.2, -0.15) is 13.2 Å². The second kappa shape index (κ2) is 5.33. The van der Waals surface area contributed by atoms with Crippen LogP contribution in [-0.2, 0) is 10.9 Å². The summed E-state index contributed by atoms with van der Waals surface area (Å²) in [6, 6.07) is 3.11. The molecule has 5 heteroatoms. The van der Waals surface area contributed by atoms with Crippen LogP contribution in [0.4, 0.5) is 13.2 Å². The summed E-state index contributed by atoms with van der Waals surface area (Å²) in [4.78, 5) is 12.2. The van der Waals surface area contributed by atoms with Crippen molar-refractivity contribution in [2.45, 2.75) is 39.5 Å². The summed E-state index contributed by atoms with van der Waals surface area (Å²) in [5, 5.41) is 0. The van der Waals surface area contributed by atoms with Gasteiger partial charge in [-0.15, -0.1) is 0 Å². The van der Waals surface area contributed by atoms with Gasteiger partial charge < -0.3 is 4.74 Å². The zero-order chi connectivity index (χ0) is 14.8. The molecule has 0 atom stereocenters. The van der Waals surface area contributed by atoms with Gasteiger partial charge in [0.1, 0.15) is 5.60 Å². The number of rotatable bonds is 4. The maximum Gasteiger partial charge on any atom is 0.416 e. The Morgan fingerprint density at radius 1 is 1.26 bits per heavy atom. The molecule has 1 aromatic rings. The number of hydrogen-bond acceptors (Lipinski definition) is 2. The predicted molar refractivity (Wildman–Crippen MR) is 66.2 cm³/mol. The van der Waals surface area contributed by atoms with Crippen molar-refractivity contribution in [3.05, 3.63) is 34.9 Å². The van der Waals surface area contributed by atoms with Crippen molar-refractivity contribution < 1.29 is 22.7 Å². The van der Waals surface area contributed by atoms with E-state index in [1.807, 2.05) is 0 Å². The van der Waals surface area contributed by atoms with Crippen LogP contribution in [0.15, 0.2) is 18.2 Å². The number of Topliss-reactive ketones (excluding diaryl/α,β-unsaturated/α-hetero) is 1. The molecule has 106 valence electrons. The van der Waals surface area contributed by atoms with E-state index in [1.54, 1.807) is 20.8 Å². The number of alkyl halides is 3. The monoisotopic (exact) mass is 274 g/mol. The van der Waals surface area contributed by atoms with E-state index in [0.717, 1.165) is 12.1 Å². The Hall–Kier alpha value is -1.36. The number of hydrogen-bond donors (Lipinski definition) is 0. The number of aryl methyl sites for hydroxylation is 1. The minimum Gasteiger partial charge on any atom is -0.368 e. The summed E-state index contributed by atoms with van der Waals surface area (Å²) in [6.07, 6.45) is -4.40. The Balaban J connectivity index is 3.14. The van der Waals surface area contributed by atoms with Crippen LogP contribution in [0.25, 0.3) is 0 Å². The molecular weight excluding hydrogens is 257 g/mol. The lowest BCUT2D eigenvalue weighted by atomic mass is 9.92. The maximum atomic E-state index is 12.5. The molecule has 1 rings (SSSR count). The standard InChI is InChI=1S/C14H17F3O2/c1-5-19-13(3,4)12(18)11-7-6-10(8-9(11)2)14(15,16)17/h6-8H,5H2,1-4H3. The fourth-order valence-electron chi connectivity index (χ4n) is 1.85. The van der Waals surface area contributed by atoms with Gasteiger partial charge in [0.15, 0.2) is 5.78 Å². The molecule has 0 aliphatic rings. The van der Waals surface area contributed by atoms with Crippen LogP contribution in [0.1, 0.15) is 42.3 Å². The molecule has 0 spiro atoms. The van der Waals surface area contributed by atoms with Gasteiger partial charge in [-0.25, -0.2) is 0 Å². The van der Waals surface area contributed by atoms with E-state index in [1.165, 1.54) is 13.0 Å². The predicted octanol–water partition coefficient (Wildman–Crippen LogP) is 4.01. The first kappa shape index (κ1) is 15.7. The second-order valence-corrected chi connectivity index (χ2v) is 4.80. The van der Waals surface area contributed by atoms with Crippen LogP contribution in [0.3, 0.4) is 0 Å². The summed E-state index contributed by atoms with van der Waals surface area (Å²) in [7, 11) is 0. The Morgan fingerprint density at radius 2 is 1.84 bits per heavy atom. The number of carbonyl (C=O) groups excluding carboxylic acids is 1. The number of ether oxygens (including phenoxy) is 1. The molecule has 0 aliphatic carbocycles. The molecule has 0 amide bonds. The summed E-state index contributed by atoms with van der Waals surface area (Å²) in [5.41, 5.74) is -1.24. The van der Waals surface area contributed by atoms with Crippen LogP contribution in [0.2, 0.25) is 0 Å². The van der Waals surface area contributed by atoms with E-state index in [4.69, 9.17) is 4.74 Å². The van der Waals surface area contributed by atoms with E-state index >= 15 is 0 Å². The lowest BCUT2D eigenvalue weighted by molar-refractivity contribution is -0.137. The van der Waals surface area contributed by atoms with E-state index in [-0.39, 0.29) is 11.3 Å². The minimum atomic E-state index is -4.40. The molecule has 0 aliphatic heterocycles. The fourth-order valence-corrected chi connectivity index (χ4v) is 1.85. The van der Waals surface area contributed by atoms with Crippen molar-refractivity contribution in [2.75, 3.05) is 6.61 Å². The zero-order valence-electron chi connectivity index (χ0n) is 11.4. The van der Waals surface area contributed by atoms with Crippen molar-refractivity contribution in [1.82, 2.24) is 0 Å². The van der Waals surface area contributed by atoms with Crippen molar-refractivity contribution in [1.29, 1.82) is 0 Å². The van der Waals surface area contributed by atoms with Gasteiger partial charge in [0.2, 0.25) is 0 Å². The highest BCUT2D eigenvalue weighted by molar-refractivity contribution is 6.03. The molecule has 19 heavy (non-hydrogen) atoms. The molecule has 0 saturated heterocycles. The van der Waals surface area contributed by atoms with E-state index < -0.39 is 17.3 Å². The van der Waals surface area contributed by atoms with Gasteiger partial charge in [-0.3, -0.25) is 4.79 Å². The van der Waals surface area contributed by atoms with Gasteiger partial charge in [0.25, 0.3) is 0 Å². The Morgan fingerprint density at radius 3 is 2.26 bits per heavy atom. The molecular formula is C14H17F3O2. The van der Waals surface area contributed by atoms with Crippen LogP contribution >= 0.6 is 0 Å². The van der Waals surface area contributed by atoms with Crippen molar-refractivity contribution in [3.63, 3.8) is 0 Å². The SMILES string of the molecule is CCOC(C)(C)C(=O)c1ccc(C(F)(F)F)cc1C. The number of carbonyl (C=O) groups is 1. The molecule has 0 fully saturated rings. The van der Waals surface area contributed by atoms with E-state index in [2.05, 4.69) is 0 Å². The van der Waals surface area contributed by atoms with Gasteiger partial charge in [0, 0.05) is 12.2 Å². The highest BCUT2D eigenvalue weighted by Gasteiger charge is 2.33. The highest BCUT2D eigenvalue weighted by Crippen LogP contribution is 2.31. The normalized spacial score (nSPS) is 12.6. The number of ketones is 1. The van der Waals surface area contributed by atoms with Crippen molar-refractivity contribution in [3.8, 4) is 0 Å². The Bertz CT molecular complexity index is 476. The summed E-state index contributed by atoms with van der Waals surface area (Å²) in [6.45, 7) is 6.82. The topological polar surface area (TPSA) is 26.3 Å². The van der Waals surface area contributed by atoms with Gasteiger partial charge in [-0.05, 0) is 45.4 Å². The third-order valence-electron chi connectivity index (χ3n) is 2.85. The first-order valence-corrected chi connectivity index (χ1v) is 5.96. The van der Waals surface area contributed by atoms with Crippen LogP contribution in [-0.4, -0.2) is 18.0 Å². The first-order chi connectivity index (χ1) is 8.59. The lowest BCUT2D eigenvalue weighted by Crippen LogP contribution is -2.35. The zero-order valence-corrected chi connectivity index (χ0v) is 11.4. The molecule has 0 unspecified atom stereocenters. The van der Waals surface area contributed by atoms with Gasteiger partial charge >= 0.3 is 6.18 Å². The van der Waals surface area contributed by atoms with E-state index in [9.17, 15) is 18.0 Å². The van der Waals surface area contributed by atoms with Gasteiger partial charge in [-0.1, -0.05) is 6.07 Å². The minimum absolute atomic E-state index is 0.256. The van der Waals surface area contributed by atoms with Crippen LogP contribution in [0.5, 0.6) is 0 Å². The van der Waals surface area contributed by atoms with Crippen molar-refractivity contribution in [2.24, 2.45) is 0 Å². The fraction of sp³-hybridized carbons (Fsp3) is 0.500. The summed E-state index contributed by atoms with van der Waals surface area (Å²) >= 11 is 0. The largest absolute Gasteiger partial charge is 0.416 e. The highest BCUT2D eigenvalue weighted by atomic mass is 19.4. The smallest absolute Gasteiger partial charge is 0.368 e. The third kappa shape index (κ3) is 3.56.